The van der Waals surface area contributed by atoms with Gasteiger partial charge >= 0.3 is 11.9 Å². The second-order valence-electron chi connectivity index (χ2n) is 15.4. The lowest BCUT2D eigenvalue weighted by Gasteiger charge is -2.33. The van der Waals surface area contributed by atoms with E-state index >= 15 is 0 Å². The molecule has 60 heavy (non-hydrogen) atoms. The van der Waals surface area contributed by atoms with Crippen molar-refractivity contribution in [3.05, 3.63) is 119 Å². The van der Waals surface area contributed by atoms with E-state index in [1.54, 1.807) is 24.3 Å². The number of aryl methyl sites for hydroxylation is 2. The maximum absolute atomic E-state index is 14.0. The van der Waals surface area contributed by atoms with Crippen LogP contribution in [0.25, 0.3) is 0 Å². The fourth-order valence-corrected chi connectivity index (χ4v) is 9.32. The van der Waals surface area contributed by atoms with E-state index < -0.39 is 27.9 Å². The average molecular weight is 839 g/mol. The molecule has 6 rings (SSSR count). The lowest BCUT2D eigenvalue weighted by Crippen LogP contribution is -2.44. The van der Waals surface area contributed by atoms with E-state index in [0.29, 0.717) is 36.9 Å². The fraction of sp³-hybridized carbons (Fsp3) is 0.391. The average Bonchev–Trinajstić information content (AvgIpc) is 3.28. The standard InChI is InChI=1S/C46H54N4O9S/c1-57-30-42(33-18-20-35(21-19-33)46(54)59-3)49-60(55,56)39-9-7-8-36(28-39)43(51)48-41-25-24-38(50-26-5-4-6-27-50)29-40(41)44(52)47-37-22-14-32(15-23-37)11-10-31-12-16-34(17-13-31)45(53)58-2/h7-9,12-17,22-25,28-29,33,35,42,49H,4-6,10-11,18-21,26-27,30H2,1-3H3,(H,47,52)(H,48,51)/t33-,35-,42?. The second-order valence-corrected chi connectivity index (χ2v) is 17.1. The van der Waals surface area contributed by atoms with Gasteiger partial charge in [-0.1, -0.05) is 30.3 Å². The number of amides is 2. The highest BCUT2D eigenvalue weighted by molar-refractivity contribution is 7.89. The molecule has 2 fully saturated rings. The van der Waals surface area contributed by atoms with Crippen molar-refractivity contribution in [1.82, 2.24) is 4.72 Å². The van der Waals surface area contributed by atoms with Crippen LogP contribution in [-0.2, 0) is 41.9 Å². The van der Waals surface area contributed by atoms with Gasteiger partial charge in [0.15, 0.2) is 0 Å². The third-order valence-electron chi connectivity index (χ3n) is 11.4. The van der Waals surface area contributed by atoms with Crippen molar-refractivity contribution < 1.29 is 41.8 Å². The highest BCUT2D eigenvalue weighted by Crippen LogP contribution is 2.33. The molecule has 14 heteroatoms. The van der Waals surface area contributed by atoms with Crippen LogP contribution in [0, 0.1) is 11.8 Å². The van der Waals surface area contributed by atoms with Crippen LogP contribution >= 0.6 is 0 Å². The van der Waals surface area contributed by atoms with Gasteiger partial charge in [-0.2, -0.15) is 0 Å². The summed E-state index contributed by atoms with van der Waals surface area (Å²) in [5.74, 6) is -1.87. The summed E-state index contributed by atoms with van der Waals surface area (Å²) in [6.45, 7) is 1.86. The van der Waals surface area contributed by atoms with Gasteiger partial charge in [-0.15, -0.1) is 0 Å². The monoisotopic (exact) mass is 838 g/mol. The van der Waals surface area contributed by atoms with Gasteiger partial charge in [-0.25, -0.2) is 17.9 Å². The molecule has 1 aliphatic carbocycles. The number of rotatable bonds is 16. The largest absolute Gasteiger partial charge is 0.469 e. The number of nitrogens with one attached hydrogen (secondary N) is 3. The Labute approximate surface area is 352 Å². The highest BCUT2D eigenvalue weighted by atomic mass is 32.2. The molecule has 0 radical (unpaired) electrons. The minimum atomic E-state index is -4.08. The van der Waals surface area contributed by atoms with Crippen LogP contribution in [0.15, 0.2) is 95.9 Å². The van der Waals surface area contributed by atoms with E-state index in [2.05, 4.69) is 20.3 Å². The first-order valence-corrected chi connectivity index (χ1v) is 21.9. The Hall–Kier alpha value is -5.57. The zero-order valence-corrected chi connectivity index (χ0v) is 35.2. The van der Waals surface area contributed by atoms with Crippen LogP contribution in [0.2, 0.25) is 0 Å². The zero-order valence-electron chi connectivity index (χ0n) is 34.4. The molecule has 1 unspecified atom stereocenters. The van der Waals surface area contributed by atoms with Gasteiger partial charge in [-0.3, -0.25) is 14.4 Å². The third-order valence-corrected chi connectivity index (χ3v) is 12.9. The van der Waals surface area contributed by atoms with Crippen molar-refractivity contribution in [3.8, 4) is 0 Å². The Bertz CT molecular complexity index is 2230. The minimum absolute atomic E-state index is 0.0485. The molecule has 13 nitrogen and oxygen atoms in total. The first-order chi connectivity index (χ1) is 29.0. The Morgan fingerprint density at radius 2 is 1.38 bits per heavy atom. The molecule has 318 valence electrons. The third kappa shape index (κ3) is 11.4. The van der Waals surface area contributed by atoms with Crippen LogP contribution in [0.3, 0.4) is 0 Å². The number of esters is 2. The van der Waals surface area contributed by atoms with Crippen LogP contribution in [0.5, 0.6) is 0 Å². The summed E-state index contributed by atoms with van der Waals surface area (Å²) in [7, 11) is 0.153. The van der Waals surface area contributed by atoms with Crippen molar-refractivity contribution in [2.45, 2.75) is 68.7 Å². The fourth-order valence-electron chi connectivity index (χ4n) is 7.98. The van der Waals surface area contributed by atoms with Crippen molar-refractivity contribution >= 4 is 50.8 Å². The van der Waals surface area contributed by atoms with Crippen LogP contribution < -0.4 is 20.3 Å². The summed E-state index contributed by atoms with van der Waals surface area (Å²) in [5.41, 5.74) is 4.75. The quantitative estimate of drug-likeness (QED) is 0.0997. The van der Waals surface area contributed by atoms with Gasteiger partial charge in [0, 0.05) is 43.2 Å². The zero-order chi connectivity index (χ0) is 42.6. The molecule has 1 heterocycles. The van der Waals surface area contributed by atoms with Crippen molar-refractivity contribution in [2.24, 2.45) is 11.8 Å². The van der Waals surface area contributed by atoms with Gasteiger partial charge in [-0.05, 0) is 135 Å². The SMILES string of the molecule is COCC(NS(=O)(=O)c1cccc(C(=O)Nc2ccc(N3CCCCC3)cc2C(=O)Nc2ccc(CCc3ccc(C(=O)OC)cc3)cc2)c1)[C@H]1CC[C@H](C(=O)OC)CC1. The summed E-state index contributed by atoms with van der Waals surface area (Å²) in [4.78, 5) is 53.8. The first kappa shape index (κ1) is 44.0. The van der Waals surface area contributed by atoms with E-state index in [1.165, 1.54) is 45.6 Å². The van der Waals surface area contributed by atoms with Crippen LogP contribution in [-0.4, -0.2) is 79.2 Å². The molecule has 1 saturated carbocycles. The number of benzene rings is 4. The number of sulfonamides is 1. The van der Waals surface area contributed by atoms with Gasteiger partial charge in [0.05, 0.1) is 48.5 Å². The number of carbonyl (C=O) groups is 4. The summed E-state index contributed by atoms with van der Waals surface area (Å²) in [6.07, 6.45) is 7.21. The molecule has 4 aromatic carbocycles. The van der Waals surface area contributed by atoms with Gasteiger partial charge in [0.2, 0.25) is 10.0 Å². The van der Waals surface area contributed by atoms with E-state index in [1.807, 2.05) is 42.5 Å². The molecular weight excluding hydrogens is 785 g/mol. The number of hydrogen-bond donors (Lipinski definition) is 3. The first-order valence-electron chi connectivity index (χ1n) is 20.4. The number of nitrogens with zero attached hydrogens (tertiary/aromatic N) is 1. The van der Waals surface area contributed by atoms with E-state index in [4.69, 9.17) is 14.2 Å². The number of methoxy groups -OCH3 is 3. The van der Waals surface area contributed by atoms with Gasteiger partial charge in [0.1, 0.15) is 0 Å². The molecule has 0 aromatic heterocycles. The van der Waals surface area contributed by atoms with E-state index in [0.717, 1.165) is 62.0 Å². The Morgan fingerprint density at radius 1 is 0.717 bits per heavy atom. The topological polar surface area (TPSA) is 169 Å². The molecule has 1 atom stereocenters. The molecule has 0 spiro atoms. The summed E-state index contributed by atoms with van der Waals surface area (Å²) in [5, 5.41) is 5.86. The van der Waals surface area contributed by atoms with Crippen molar-refractivity contribution in [1.29, 1.82) is 0 Å². The maximum atomic E-state index is 14.0. The van der Waals surface area contributed by atoms with E-state index in [9.17, 15) is 27.6 Å². The van der Waals surface area contributed by atoms with Crippen LogP contribution in [0.1, 0.15) is 87.1 Å². The van der Waals surface area contributed by atoms with Crippen molar-refractivity contribution in [3.63, 3.8) is 0 Å². The molecular formula is C46H54N4O9S. The molecule has 1 aliphatic heterocycles. The number of hydrogen-bond acceptors (Lipinski definition) is 10. The molecule has 4 aromatic rings. The summed E-state index contributed by atoms with van der Waals surface area (Å²) < 4.78 is 45.3. The highest BCUT2D eigenvalue weighted by Gasteiger charge is 2.34. The lowest BCUT2D eigenvalue weighted by molar-refractivity contribution is -0.146. The number of carbonyl (C=O) groups excluding carboxylic acids is 4. The molecule has 1 saturated heterocycles. The number of ether oxygens (including phenoxy) is 3. The number of anilines is 3. The second kappa shape index (κ2) is 20.6. The summed E-state index contributed by atoms with van der Waals surface area (Å²) >= 11 is 0. The molecule has 3 N–H and O–H groups in total. The predicted molar refractivity (Wildman–Crippen MR) is 230 cm³/mol. The summed E-state index contributed by atoms with van der Waals surface area (Å²) in [6, 6.07) is 25.5. The Balaban J connectivity index is 1.15. The molecule has 2 aliphatic rings. The van der Waals surface area contributed by atoms with Crippen molar-refractivity contribution in [2.75, 3.05) is 56.6 Å². The minimum Gasteiger partial charge on any atom is -0.469 e. The number of piperidine rings is 1. The maximum Gasteiger partial charge on any atom is 0.337 e. The van der Waals surface area contributed by atoms with Gasteiger partial charge in [0.25, 0.3) is 11.8 Å². The normalized spacial score (nSPS) is 17.3. The van der Waals surface area contributed by atoms with Crippen LogP contribution in [0.4, 0.5) is 17.1 Å². The smallest absolute Gasteiger partial charge is 0.337 e. The molecule has 0 bridgehead atoms. The molecule has 2 amide bonds. The van der Waals surface area contributed by atoms with E-state index in [-0.39, 0.29) is 52.1 Å². The predicted octanol–water partition coefficient (Wildman–Crippen LogP) is 7.03. The lowest BCUT2D eigenvalue weighted by atomic mass is 9.79. The van der Waals surface area contributed by atoms with Gasteiger partial charge < -0.3 is 29.7 Å². The Morgan fingerprint density at radius 3 is 2.02 bits per heavy atom. The Kier molecular flexibility index (Phi) is 15.1.